The Labute approximate surface area is 171 Å². The minimum absolute atomic E-state index is 0.0394. The predicted molar refractivity (Wildman–Crippen MR) is 107 cm³/mol. The van der Waals surface area contributed by atoms with E-state index < -0.39 is 5.82 Å². The van der Waals surface area contributed by atoms with E-state index in [9.17, 15) is 9.18 Å². The number of fused-ring (bicyclic) bond motifs is 1. The van der Waals surface area contributed by atoms with Gasteiger partial charge in [0.25, 0.3) is 5.91 Å². The summed E-state index contributed by atoms with van der Waals surface area (Å²) >= 11 is 1.40. The molecular formula is C19H21FN6O2S. The number of hydrogen-bond acceptors (Lipinski definition) is 8. The summed E-state index contributed by atoms with van der Waals surface area (Å²) in [5.41, 5.74) is 1.45. The minimum Gasteiger partial charge on any atom is -0.380 e. The topological polar surface area (TPSA) is 93.1 Å². The quantitative estimate of drug-likeness (QED) is 0.683. The largest absolute Gasteiger partial charge is 0.380 e. The molecule has 3 aromatic rings. The molecule has 1 saturated heterocycles. The van der Waals surface area contributed by atoms with Crippen molar-refractivity contribution in [1.29, 1.82) is 0 Å². The summed E-state index contributed by atoms with van der Waals surface area (Å²) < 4.78 is 19.5. The van der Waals surface area contributed by atoms with E-state index in [-0.39, 0.29) is 24.0 Å². The van der Waals surface area contributed by atoms with Crippen LogP contribution in [0.5, 0.6) is 0 Å². The Kier molecular flexibility index (Phi) is 5.37. The zero-order chi connectivity index (χ0) is 20.5. The number of rotatable bonds is 5. The number of hydrogen-bond donors (Lipinski definition) is 1. The number of aromatic nitrogens is 4. The summed E-state index contributed by atoms with van der Waals surface area (Å²) in [7, 11) is 1.65. The first-order valence-corrected chi connectivity index (χ1v) is 10.1. The Morgan fingerprint density at radius 3 is 2.93 bits per heavy atom. The number of nitrogens with one attached hydrogen (secondary N) is 1. The zero-order valence-corrected chi connectivity index (χ0v) is 17.2. The van der Waals surface area contributed by atoms with Gasteiger partial charge in [0, 0.05) is 26.4 Å². The Hall–Kier alpha value is -2.72. The third-order valence-electron chi connectivity index (χ3n) is 4.90. The van der Waals surface area contributed by atoms with Gasteiger partial charge >= 0.3 is 0 Å². The maximum Gasteiger partial charge on any atom is 0.274 e. The molecule has 10 heteroatoms. The number of methoxy groups -OCH3 is 1. The van der Waals surface area contributed by atoms with Crippen LogP contribution in [0.25, 0.3) is 10.3 Å². The number of likely N-dealkylation sites (tertiary alicyclic amines) is 1. The molecule has 0 unspecified atom stereocenters. The van der Waals surface area contributed by atoms with Crippen molar-refractivity contribution in [1.82, 2.24) is 24.8 Å². The number of anilines is 1. The summed E-state index contributed by atoms with van der Waals surface area (Å²) in [6.07, 6.45) is 3.56. The average Bonchev–Trinajstić information content (AvgIpc) is 3.32. The highest BCUT2D eigenvalue weighted by Gasteiger charge is 2.30. The summed E-state index contributed by atoms with van der Waals surface area (Å²) in [5, 5.41) is 3.94. The van der Waals surface area contributed by atoms with Gasteiger partial charge in [0.15, 0.2) is 11.3 Å². The van der Waals surface area contributed by atoms with Crippen LogP contribution in [0.1, 0.15) is 40.4 Å². The molecule has 0 aliphatic carbocycles. The van der Waals surface area contributed by atoms with Crippen molar-refractivity contribution in [2.24, 2.45) is 0 Å². The van der Waals surface area contributed by atoms with Gasteiger partial charge in [-0.2, -0.15) is 4.98 Å². The van der Waals surface area contributed by atoms with Crippen molar-refractivity contribution in [3.63, 3.8) is 0 Å². The van der Waals surface area contributed by atoms with E-state index in [0.29, 0.717) is 34.7 Å². The molecule has 2 atom stereocenters. The lowest BCUT2D eigenvalue weighted by molar-refractivity contribution is 0.0721. The molecule has 152 valence electrons. The zero-order valence-electron chi connectivity index (χ0n) is 16.3. The summed E-state index contributed by atoms with van der Waals surface area (Å²) in [6.45, 7) is 4.87. The average molecular weight is 416 g/mol. The van der Waals surface area contributed by atoms with E-state index >= 15 is 0 Å². The molecule has 0 saturated carbocycles. The Bertz CT molecular complexity index is 1060. The van der Waals surface area contributed by atoms with Crippen LogP contribution in [0.4, 0.5) is 10.3 Å². The van der Waals surface area contributed by atoms with Crippen molar-refractivity contribution in [3.8, 4) is 0 Å². The molecule has 1 amide bonds. The van der Waals surface area contributed by atoms with Crippen LogP contribution in [0.15, 0.2) is 18.5 Å². The van der Waals surface area contributed by atoms with Crippen LogP contribution >= 0.6 is 11.3 Å². The third kappa shape index (κ3) is 4.03. The fraction of sp³-hybridized carbons (Fsp3) is 0.421. The van der Waals surface area contributed by atoms with E-state index in [1.54, 1.807) is 18.2 Å². The van der Waals surface area contributed by atoms with Crippen molar-refractivity contribution in [3.05, 3.63) is 40.5 Å². The van der Waals surface area contributed by atoms with Gasteiger partial charge in [0.2, 0.25) is 5.95 Å². The lowest BCUT2D eigenvalue weighted by atomic mass is 10.1. The predicted octanol–water partition coefficient (Wildman–Crippen LogP) is 2.96. The first-order chi connectivity index (χ1) is 13.9. The number of amides is 1. The number of ether oxygens (including phenoxy) is 1. The molecule has 0 bridgehead atoms. The van der Waals surface area contributed by atoms with Crippen LogP contribution in [0, 0.1) is 12.7 Å². The number of carbonyl (C=O) groups is 1. The maximum absolute atomic E-state index is 13.5. The molecule has 1 aliphatic rings. The molecule has 29 heavy (non-hydrogen) atoms. The van der Waals surface area contributed by atoms with Crippen LogP contribution in [-0.4, -0.2) is 57.0 Å². The molecule has 0 radical (unpaired) electrons. The smallest absolute Gasteiger partial charge is 0.274 e. The van der Waals surface area contributed by atoms with E-state index in [1.807, 2.05) is 13.8 Å². The molecule has 0 spiro atoms. The van der Waals surface area contributed by atoms with Gasteiger partial charge in [-0.05, 0) is 31.9 Å². The Morgan fingerprint density at radius 1 is 1.38 bits per heavy atom. The van der Waals surface area contributed by atoms with Gasteiger partial charge in [-0.15, -0.1) is 11.3 Å². The lowest BCUT2D eigenvalue weighted by Gasteiger charge is -2.17. The number of aryl methyl sites for hydroxylation is 1. The minimum atomic E-state index is -0.416. The fourth-order valence-electron chi connectivity index (χ4n) is 3.33. The standard InChI is InChI=1S/C19H21FN6O2S/c1-10(12-6-13(20)8-21-7-12)22-19-24-15(16-17(25-19)23-11(2)29-16)18(27)26-5-4-14(9-26)28-3/h6-8,10,14H,4-5,9H2,1-3H3,(H,22,24,25)/t10-,14-/m0/s1. The van der Waals surface area contributed by atoms with Gasteiger partial charge < -0.3 is 15.0 Å². The van der Waals surface area contributed by atoms with Crippen molar-refractivity contribution >= 4 is 33.5 Å². The van der Waals surface area contributed by atoms with Crippen LogP contribution in [0.3, 0.4) is 0 Å². The second-order valence-electron chi connectivity index (χ2n) is 6.98. The second-order valence-corrected chi connectivity index (χ2v) is 8.18. The first kappa shape index (κ1) is 19.6. The lowest BCUT2D eigenvalue weighted by Crippen LogP contribution is -2.31. The second kappa shape index (κ2) is 7.96. The van der Waals surface area contributed by atoms with Crippen LogP contribution < -0.4 is 5.32 Å². The summed E-state index contributed by atoms with van der Waals surface area (Å²) in [6, 6.07) is 1.10. The van der Waals surface area contributed by atoms with E-state index in [0.717, 1.165) is 17.6 Å². The number of nitrogens with zero attached hydrogens (tertiary/aromatic N) is 5. The van der Waals surface area contributed by atoms with Crippen molar-refractivity contribution in [2.45, 2.75) is 32.4 Å². The molecule has 0 aromatic carbocycles. The highest BCUT2D eigenvalue weighted by molar-refractivity contribution is 7.18. The molecule has 1 fully saturated rings. The molecule has 4 heterocycles. The molecular weight excluding hydrogens is 395 g/mol. The van der Waals surface area contributed by atoms with Gasteiger partial charge in [-0.1, -0.05) is 0 Å². The van der Waals surface area contributed by atoms with E-state index in [4.69, 9.17) is 4.74 Å². The molecule has 1 N–H and O–H groups in total. The Morgan fingerprint density at radius 2 is 2.21 bits per heavy atom. The normalized spacial score (nSPS) is 17.7. The van der Waals surface area contributed by atoms with Gasteiger partial charge in [0.05, 0.1) is 23.4 Å². The van der Waals surface area contributed by atoms with Crippen LogP contribution in [-0.2, 0) is 4.74 Å². The molecule has 1 aliphatic heterocycles. The van der Waals surface area contributed by atoms with E-state index in [1.165, 1.54) is 17.4 Å². The monoisotopic (exact) mass is 416 g/mol. The number of halogens is 1. The number of carbonyl (C=O) groups excluding carboxylic acids is 1. The first-order valence-electron chi connectivity index (χ1n) is 9.29. The van der Waals surface area contributed by atoms with Crippen molar-refractivity contribution < 1.29 is 13.9 Å². The van der Waals surface area contributed by atoms with Gasteiger partial charge in [-0.3, -0.25) is 9.78 Å². The third-order valence-corrected chi connectivity index (χ3v) is 5.87. The van der Waals surface area contributed by atoms with Crippen LogP contribution in [0.2, 0.25) is 0 Å². The summed E-state index contributed by atoms with van der Waals surface area (Å²) in [4.78, 5) is 32.2. The number of thiazole rings is 1. The maximum atomic E-state index is 13.5. The summed E-state index contributed by atoms with van der Waals surface area (Å²) in [5.74, 6) is -0.311. The fourth-order valence-corrected chi connectivity index (χ4v) is 4.17. The van der Waals surface area contributed by atoms with Crippen molar-refractivity contribution in [2.75, 3.05) is 25.5 Å². The van der Waals surface area contributed by atoms with Gasteiger partial charge in [0.1, 0.15) is 10.5 Å². The molecule has 4 rings (SSSR count). The Balaban J connectivity index is 1.66. The number of pyridine rings is 1. The van der Waals surface area contributed by atoms with E-state index in [2.05, 4.69) is 25.3 Å². The highest BCUT2D eigenvalue weighted by atomic mass is 32.1. The molecule has 3 aromatic heterocycles. The highest BCUT2D eigenvalue weighted by Crippen LogP contribution is 2.28. The SMILES string of the molecule is CO[C@H]1CCN(C(=O)c2nc(N[C@@H](C)c3cncc(F)c3)nc3nc(C)sc23)C1. The molecule has 8 nitrogen and oxygen atoms in total. The van der Waals surface area contributed by atoms with Gasteiger partial charge in [-0.25, -0.2) is 14.4 Å².